The predicted octanol–water partition coefficient (Wildman–Crippen LogP) is 5.69. The fourth-order valence-corrected chi connectivity index (χ4v) is 6.16. The number of carbonyl (C=O) groups is 1. The van der Waals surface area contributed by atoms with E-state index in [1.54, 1.807) is 53.8 Å². The average Bonchev–Trinajstić information content (AvgIpc) is 3.49. The number of azide groups is 1. The van der Waals surface area contributed by atoms with E-state index in [2.05, 4.69) is 10.0 Å². The summed E-state index contributed by atoms with van der Waals surface area (Å²) < 4.78 is 76.1. The molecule has 0 unspecified atom stereocenters. The molecule has 3 aromatic rings. The Hall–Kier alpha value is -4.24. The predicted molar refractivity (Wildman–Crippen MR) is 170 cm³/mol. The first kappa shape index (κ1) is 37.6. The third kappa shape index (κ3) is 10.9. The lowest BCUT2D eigenvalue weighted by Gasteiger charge is -2.22. The van der Waals surface area contributed by atoms with Crippen molar-refractivity contribution < 1.29 is 40.8 Å². The van der Waals surface area contributed by atoms with Crippen LogP contribution >= 0.6 is 7.82 Å². The number of nitrogens with one attached hydrogen (secondary N) is 1. The smallest absolute Gasteiger partial charge is 0.352 e. The summed E-state index contributed by atoms with van der Waals surface area (Å²) in [6.45, 7) is 0.698. The van der Waals surface area contributed by atoms with Gasteiger partial charge in [0.25, 0.3) is 5.56 Å². The van der Waals surface area contributed by atoms with E-state index in [4.69, 9.17) is 18.3 Å². The number of nitrogens with zero attached hydrogens (tertiary/aromatic N) is 5. The Bertz CT molecular complexity index is 1720. The quantitative estimate of drug-likeness (QED) is 0.0611. The number of alkyl halides is 3. The first-order valence-corrected chi connectivity index (χ1v) is 16.8. The van der Waals surface area contributed by atoms with E-state index < -0.39 is 49.5 Å². The van der Waals surface area contributed by atoms with E-state index >= 15 is 0 Å². The topological polar surface area (TPSA) is 176 Å². The van der Waals surface area contributed by atoms with Gasteiger partial charge in [-0.3, -0.25) is 32.3 Å². The molecule has 0 radical (unpaired) electrons. The average molecular weight is 709 g/mol. The van der Waals surface area contributed by atoms with E-state index in [9.17, 15) is 37.7 Å². The maximum absolute atomic E-state index is 13.8. The van der Waals surface area contributed by atoms with Crippen LogP contribution in [0.4, 0.5) is 13.2 Å². The molecule has 0 aliphatic carbocycles. The molecule has 1 aliphatic heterocycles. The van der Waals surface area contributed by atoms with Crippen LogP contribution in [-0.2, 0) is 47.4 Å². The fraction of sp³-hybridized carbons (Fsp3) is 0.452. The lowest BCUT2D eigenvalue weighted by Crippen LogP contribution is -2.42. The molecular weight excluding hydrogens is 672 g/mol. The van der Waals surface area contributed by atoms with Gasteiger partial charge in [0, 0.05) is 36.2 Å². The van der Waals surface area contributed by atoms with Gasteiger partial charge in [-0.05, 0) is 42.8 Å². The van der Waals surface area contributed by atoms with Gasteiger partial charge in [-0.15, -0.1) is 0 Å². The van der Waals surface area contributed by atoms with Crippen LogP contribution in [0.2, 0.25) is 0 Å². The molecule has 2 heterocycles. The highest BCUT2D eigenvalue weighted by Crippen LogP contribution is 2.51. The summed E-state index contributed by atoms with van der Waals surface area (Å²) in [5.74, 6) is -2.04. The van der Waals surface area contributed by atoms with Crippen molar-refractivity contribution >= 4 is 13.7 Å². The largest absolute Gasteiger partial charge is 0.475 e. The van der Waals surface area contributed by atoms with Crippen LogP contribution in [0, 0.1) is 6.92 Å². The summed E-state index contributed by atoms with van der Waals surface area (Å²) in [6.07, 6.45) is -4.80. The highest BCUT2D eigenvalue weighted by atomic mass is 31.2. The van der Waals surface area contributed by atoms with Crippen molar-refractivity contribution in [2.45, 2.75) is 76.9 Å². The summed E-state index contributed by atoms with van der Waals surface area (Å²) in [5, 5.41) is 5.56. The zero-order valence-electron chi connectivity index (χ0n) is 26.5. The summed E-state index contributed by atoms with van der Waals surface area (Å²) in [5.41, 5.74) is 9.61. The molecule has 14 nitrogen and oxygen atoms in total. The van der Waals surface area contributed by atoms with Gasteiger partial charge in [0.2, 0.25) is 0 Å². The van der Waals surface area contributed by atoms with Crippen molar-refractivity contribution in [2.75, 3.05) is 13.2 Å². The van der Waals surface area contributed by atoms with Crippen LogP contribution in [0.1, 0.15) is 48.6 Å². The molecule has 49 heavy (non-hydrogen) atoms. The van der Waals surface area contributed by atoms with Crippen LogP contribution < -0.4 is 16.6 Å². The lowest BCUT2D eigenvalue weighted by atomic mass is 10.1. The van der Waals surface area contributed by atoms with E-state index in [1.165, 1.54) is 17.7 Å². The number of phosphoric acid groups is 1. The Morgan fingerprint density at radius 2 is 1.63 bits per heavy atom. The van der Waals surface area contributed by atoms with Gasteiger partial charge >= 0.3 is 25.6 Å². The second-order valence-electron chi connectivity index (χ2n) is 11.2. The third-order valence-corrected chi connectivity index (χ3v) is 8.90. The zero-order chi connectivity index (χ0) is 35.4. The standard InChI is InChI=1S/C31H36F3N6O8P/c1-22-18-40(30(43)39(28(22)41)16-10-4-9-15-36-29(42)31(32,33)34)27-17-25(37-38-35)26(48-27)21-47-49(44,45-19-23-11-5-2-6-12-23)46-20-24-13-7-3-8-14-24/h2-3,5-8,11-14,18,25-27H,4,9-10,15-17,19-21H2,1H3,(H,36,42)/t25-,26+,27+/m0/s1. The number of carbonyl (C=O) groups excluding carboxylic acids is 1. The SMILES string of the molecule is Cc1cn([C@H]2C[C@H](N=[N+]=[N-])[C@@H](COP(=O)(OCc3ccccc3)OCc3ccccc3)O2)c(=O)n(CCCCCNC(=O)C(F)(F)F)c1=O. The van der Waals surface area contributed by atoms with Crippen LogP contribution in [0.25, 0.3) is 10.4 Å². The first-order valence-electron chi connectivity index (χ1n) is 15.4. The van der Waals surface area contributed by atoms with Crippen LogP contribution in [0.3, 0.4) is 0 Å². The number of phosphoric ester groups is 1. The number of aromatic nitrogens is 2. The van der Waals surface area contributed by atoms with Crippen LogP contribution in [0.5, 0.6) is 0 Å². The normalized spacial score (nSPS) is 17.8. The number of hydrogen-bond donors (Lipinski definition) is 1. The Balaban J connectivity index is 1.43. The molecular formula is C31H36F3N6O8P. The number of unbranched alkanes of at least 4 members (excludes halogenated alkanes) is 2. The highest BCUT2D eigenvalue weighted by Gasteiger charge is 2.40. The second kappa shape index (κ2) is 17.4. The Morgan fingerprint density at radius 1 is 1.02 bits per heavy atom. The molecule has 0 saturated carbocycles. The number of halogens is 3. The summed E-state index contributed by atoms with van der Waals surface area (Å²) in [6, 6.07) is 17.1. The van der Waals surface area contributed by atoms with Crippen molar-refractivity contribution in [3.8, 4) is 0 Å². The molecule has 18 heteroatoms. The molecule has 1 saturated heterocycles. The molecule has 264 valence electrons. The van der Waals surface area contributed by atoms with E-state index in [0.717, 1.165) is 15.7 Å². The van der Waals surface area contributed by atoms with Gasteiger partial charge in [-0.1, -0.05) is 65.8 Å². The van der Waals surface area contributed by atoms with Crippen LogP contribution in [0.15, 0.2) is 81.6 Å². The van der Waals surface area contributed by atoms with Crippen molar-refractivity contribution in [1.29, 1.82) is 0 Å². The Morgan fingerprint density at radius 3 is 2.20 bits per heavy atom. The number of hydrogen-bond acceptors (Lipinski definition) is 9. The molecule has 0 bridgehead atoms. The highest BCUT2D eigenvalue weighted by molar-refractivity contribution is 7.48. The van der Waals surface area contributed by atoms with Crippen molar-refractivity contribution in [2.24, 2.45) is 5.11 Å². The molecule has 1 amide bonds. The second-order valence-corrected chi connectivity index (χ2v) is 12.8. The molecule has 4 rings (SSSR count). The van der Waals surface area contributed by atoms with Gasteiger partial charge < -0.3 is 10.1 Å². The minimum atomic E-state index is -4.98. The molecule has 3 atom stereocenters. The number of ether oxygens (including phenoxy) is 1. The van der Waals surface area contributed by atoms with E-state index in [1.807, 2.05) is 12.1 Å². The molecule has 0 spiro atoms. The lowest BCUT2D eigenvalue weighted by molar-refractivity contribution is -0.173. The zero-order valence-corrected chi connectivity index (χ0v) is 27.4. The maximum Gasteiger partial charge on any atom is 0.475 e. The van der Waals surface area contributed by atoms with E-state index in [-0.39, 0.29) is 57.7 Å². The Kier molecular flexibility index (Phi) is 13.4. The number of rotatable bonds is 17. The summed E-state index contributed by atoms with van der Waals surface area (Å²) in [7, 11) is -4.21. The van der Waals surface area contributed by atoms with Gasteiger partial charge in [-0.2, -0.15) is 13.2 Å². The fourth-order valence-electron chi connectivity index (χ4n) is 4.99. The van der Waals surface area contributed by atoms with Crippen molar-refractivity contribution in [3.05, 3.63) is 115 Å². The molecule has 1 aromatic heterocycles. The van der Waals surface area contributed by atoms with Gasteiger partial charge in [0.1, 0.15) is 6.23 Å². The Labute approximate surface area is 279 Å². The molecule has 1 aliphatic rings. The van der Waals surface area contributed by atoms with Crippen molar-refractivity contribution in [3.63, 3.8) is 0 Å². The maximum atomic E-state index is 13.8. The first-order chi connectivity index (χ1) is 23.4. The van der Waals surface area contributed by atoms with Crippen LogP contribution in [-0.4, -0.2) is 46.5 Å². The summed E-state index contributed by atoms with van der Waals surface area (Å²) >= 11 is 0. The number of amides is 1. The minimum Gasteiger partial charge on any atom is -0.352 e. The van der Waals surface area contributed by atoms with Gasteiger partial charge in [0.05, 0.1) is 32.0 Å². The number of aryl methyl sites for hydroxylation is 1. The molecule has 2 aromatic carbocycles. The molecule has 1 N–H and O–H groups in total. The van der Waals surface area contributed by atoms with Crippen molar-refractivity contribution in [1.82, 2.24) is 14.5 Å². The molecule has 1 fully saturated rings. The van der Waals surface area contributed by atoms with E-state index in [0.29, 0.717) is 6.42 Å². The van der Waals surface area contributed by atoms with Gasteiger partial charge in [-0.25, -0.2) is 9.36 Å². The van der Waals surface area contributed by atoms with Gasteiger partial charge in [0.15, 0.2) is 0 Å². The number of benzene rings is 2. The summed E-state index contributed by atoms with van der Waals surface area (Å²) in [4.78, 5) is 40.1. The monoisotopic (exact) mass is 708 g/mol. The third-order valence-electron chi connectivity index (χ3n) is 7.54. The minimum absolute atomic E-state index is 0.0224.